The van der Waals surface area contributed by atoms with E-state index in [2.05, 4.69) is 25.4 Å². The first-order valence-electron chi connectivity index (χ1n) is 7.32. The first-order valence-corrected chi connectivity index (χ1v) is 7.32. The van der Waals surface area contributed by atoms with Gasteiger partial charge in [-0.3, -0.25) is 19.3 Å². The predicted molar refractivity (Wildman–Crippen MR) is 87.2 cm³/mol. The quantitative estimate of drug-likeness (QED) is 0.738. The van der Waals surface area contributed by atoms with Crippen molar-refractivity contribution in [1.29, 1.82) is 0 Å². The van der Waals surface area contributed by atoms with Crippen molar-refractivity contribution in [3.8, 4) is 11.4 Å². The number of carbonyl (C=O) groups excluding carboxylic acids is 1. The van der Waals surface area contributed by atoms with Crippen LogP contribution in [0, 0.1) is 6.92 Å². The van der Waals surface area contributed by atoms with Crippen LogP contribution in [-0.4, -0.2) is 30.6 Å². The fourth-order valence-electron chi connectivity index (χ4n) is 2.23. The van der Waals surface area contributed by atoms with E-state index in [1.807, 2.05) is 6.92 Å². The fraction of sp³-hybridized carbons (Fsp3) is 0.188. The van der Waals surface area contributed by atoms with Gasteiger partial charge in [-0.2, -0.15) is 5.10 Å². The third kappa shape index (κ3) is 3.22. The van der Waals surface area contributed by atoms with Gasteiger partial charge in [0.1, 0.15) is 5.82 Å². The van der Waals surface area contributed by atoms with Crippen molar-refractivity contribution >= 4 is 5.91 Å². The molecule has 8 nitrogen and oxygen atoms in total. The van der Waals surface area contributed by atoms with Gasteiger partial charge in [-0.15, -0.1) is 0 Å². The topological polar surface area (TPSA) is 106 Å². The van der Waals surface area contributed by atoms with Crippen LogP contribution in [0.15, 0.2) is 41.6 Å². The summed E-state index contributed by atoms with van der Waals surface area (Å²) in [4.78, 5) is 35.1. The van der Waals surface area contributed by atoms with E-state index < -0.39 is 0 Å². The number of H-pyrrole nitrogens is 1. The zero-order valence-corrected chi connectivity index (χ0v) is 13.3. The molecule has 0 aliphatic rings. The summed E-state index contributed by atoms with van der Waals surface area (Å²) in [5, 5.41) is 6.79. The Balaban J connectivity index is 1.78. The first kappa shape index (κ1) is 15.6. The molecule has 0 fully saturated rings. The van der Waals surface area contributed by atoms with Crippen molar-refractivity contribution < 1.29 is 4.79 Å². The number of aromatic nitrogens is 5. The predicted octanol–water partition coefficient (Wildman–Crippen LogP) is 0.804. The van der Waals surface area contributed by atoms with Crippen LogP contribution in [0.2, 0.25) is 0 Å². The second-order valence-electron chi connectivity index (χ2n) is 5.28. The van der Waals surface area contributed by atoms with E-state index in [-0.39, 0.29) is 18.0 Å². The molecule has 0 bridgehead atoms. The molecule has 1 amide bonds. The van der Waals surface area contributed by atoms with Crippen LogP contribution in [0.1, 0.15) is 21.7 Å². The van der Waals surface area contributed by atoms with Crippen molar-refractivity contribution in [2.24, 2.45) is 7.05 Å². The lowest BCUT2D eigenvalue weighted by molar-refractivity contribution is 0.0949. The number of pyridine rings is 1. The molecule has 0 unspecified atom stereocenters. The van der Waals surface area contributed by atoms with E-state index in [1.165, 1.54) is 12.3 Å². The standard InChI is InChI=1S/C16H16N6O2/c1-10-13(9-19-22(10)2)16(24)18-8-12-6-14(23)21-15(20-12)11-4-3-5-17-7-11/h3-7,9H,8H2,1-2H3,(H,18,24)(H,20,21,23). The Labute approximate surface area is 137 Å². The zero-order valence-electron chi connectivity index (χ0n) is 13.3. The number of hydrogen-bond donors (Lipinski definition) is 2. The van der Waals surface area contributed by atoms with E-state index in [9.17, 15) is 9.59 Å². The minimum Gasteiger partial charge on any atom is -0.346 e. The summed E-state index contributed by atoms with van der Waals surface area (Å²) in [5.41, 5.74) is 2.14. The molecule has 0 aromatic carbocycles. The molecule has 0 saturated carbocycles. The van der Waals surface area contributed by atoms with Gasteiger partial charge in [0, 0.05) is 36.8 Å². The van der Waals surface area contributed by atoms with Crippen molar-refractivity contribution in [3.05, 3.63) is 64.1 Å². The van der Waals surface area contributed by atoms with Gasteiger partial charge in [0.15, 0.2) is 0 Å². The molecule has 2 N–H and O–H groups in total. The molecule has 3 rings (SSSR count). The number of nitrogens with zero attached hydrogens (tertiary/aromatic N) is 4. The maximum Gasteiger partial charge on any atom is 0.255 e. The van der Waals surface area contributed by atoms with Crippen LogP contribution >= 0.6 is 0 Å². The summed E-state index contributed by atoms with van der Waals surface area (Å²) < 4.78 is 1.63. The molecule has 0 atom stereocenters. The van der Waals surface area contributed by atoms with E-state index in [0.29, 0.717) is 22.6 Å². The van der Waals surface area contributed by atoms with E-state index >= 15 is 0 Å². The van der Waals surface area contributed by atoms with E-state index in [4.69, 9.17) is 0 Å². The average molecular weight is 324 g/mol. The molecule has 122 valence electrons. The Bertz CT molecular complexity index is 929. The number of rotatable bonds is 4. The molecule has 3 aromatic heterocycles. The Morgan fingerprint density at radius 2 is 2.21 bits per heavy atom. The SMILES string of the molecule is Cc1c(C(=O)NCc2cc(=O)[nH]c(-c3cccnc3)n2)cnn1C. The highest BCUT2D eigenvalue weighted by molar-refractivity contribution is 5.94. The molecular formula is C16H16N6O2. The number of nitrogens with one attached hydrogen (secondary N) is 2. The van der Waals surface area contributed by atoms with Crippen LogP contribution in [0.5, 0.6) is 0 Å². The van der Waals surface area contributed by atoms with Crippen LogP contribution in [0.25, 0.3) is 11.4 Å². The molecule has 24 heavy (non-hydrogen) atoms. The summed E-state index contributed by atoms with van der Waals surface area (Å²) in [6.07, 6.45) is 4.76. The van der Waals surface area contributed by atoms with Gasteiger partial charge in [-0.1, -0.05) is 0 Å². The van der Waals surface area contributed by atoms with Crippen LogP contribution < -0.4 is 10.9 Å². The highest BCUT2D eigenvalue weighted by Gasteiger charge is 2.13. The minimum absolute atomic E-state index is 0.143. The fourth-order valence-corrected chi connectivity index (χ4v) is 2.23. The first-order chi connectivity index (χ1) is 11.5. The molecule has 3 heterocycles. The summed E-state index contributed by atoms with van der Waals surface area (Å²) >= 11 is 0. The van der Waals surface area contributed by atoms with E-state index in [0.717, 1.165) is 5.69 Å². The molecule has 0 radical (unpaired) electrons. The lowest BCUT2D eigenvalue weighted by Gasteiger charge is -2.06. The Hall–Kier alpha value is -3.29. The molecule has 3 aromatic rings. The third-order valence-electron chi connectivity index (χ3n) is 3.64. The number of aryl methyl sites for hydroxylation is 1. The zero-order chi connectivity index (χ0) is 17.1. The summed E-state index contributed by atoms with van der Waals surface area (Å²) in [6, 6.07) is 4.91. The summed E-state index contributed by atoms with van der Waals surface area (Å²) in [5.74, 6) is 0.156. The molecular weight excluding hydrogens is 308 g/mol. The molecule has 0 aliphatic carbocycles. The van der Waals surface area contributed by atoms with Crippen LogP contribution in [-0.2, 0) is 13.6 Å². The Morgan fingerprint density at radius 3 is 2.88 bits per heavy atom. The highest BCUT2D eigenvalue weighted by atomic mass is 16.1. The monoisotopic (exact) mass is 324 g/mol. The molecule has 8 heteroatoms. The van der Waals surface area contributed by atoms with Gasteiger partial charge in [0.05, 0.1) is 24.0 Å². The van der Waals surface area contributed by atoms with Gasteiger partial charge in [0.25, 0.3) is 11.5 Å². The van der Waals surface area contributed by atoms with Crippen molar-refractivity contribution in [2.45, 2.75) is 13.5 Å². The third-order valence-corrected chi connectivity index (χ3v) is 3.64. The largest absolute Gasteiger partial charge is 0.346 e. The van der Waals surface area contributed by atoms with Gasteiger partial charge >= 0.3 is 0 Å². The second kappa shape index (κ2) is 6.45. The summed E-state index contributed by atoms with van der Waals surface area (Å²) in [6.45, 7) is 1.96. The number of aromatic amines is 1. The maximum atomic E-state index is 12.2. The van der Waals surface area contributed by atoms with Crippen molar-refractivity contribution in [2.75, 3.05) is 0 Å². The highest BCUT2D eigenvalue weighted by Crippen LogP contribution is 2.11. The lowest BCUT2D eigenvalue weighted by Crippen LogP contribution is -2.25. The van der Waals surface area contributed by atoms with Crippen LogP contribution in [0.3, 0.4) is 0 Å². The maximum absolute atomic E-state index is 12.2. The Morgan fingerprint density at radius 1 is 1.38 bits per heavy atom. The van der Waals surface area contributed by atoms with Crippen molar-refractivity contribution in [3.63, 3.8) is 0 Å². The van der Waals surface area contributed by atoms with Gasteiger partial charge in [-0.05, 0) is 19.1 Å². The van der Waals surface area contributed by atoms with Gasteiger partial charge < -0.3 is 10.3 Å². The smallest absolute Gasteiger partial charge is 0.255 e. The van der Waals surface area contributed by atoms with Crippen LogP contribution in [0.4, 0.5) is 0 Å². The number of amides is 1. The lowest BCUT2D eigenvalue weighted by atomic mass is 10.2. The Kier molecular flexibility index (Phi) is 4.19. The molecule has 0 spiro atoms. The van der Waals surface area contributed by atoms with E-state index in [1.54, 1.807) is 36.3 Å². The normalized spacial score (nSPS) is 10.6. The number of carbonyl (C=O) groups is 1. The minimum atomic E-state index is -0.286. The average Bonchev–Trinajstić information content (AvgIpc) is 2.92. The van der Waals surface area contributed by atoms with Crippen molar-refractivity contribution in [1.82, 2.24) is 30.0 Å². The molecule has 0 saturated heterocycles. The second-order valence-corrected chi connectivity index (χ2v) is 5.28. The van der Waals surface area contributed by atoms with Gasteiger partial charge in [0.2, 0.25) is 0 Å². The number of hydrogen-bond acceptors (Lipinski definition) is 5. The molecule has 0 aliphatic heterocycles. The van der Waals surface area contributed by atoms with Gasteiger partial charge in [-0.25, -0.2) is 4.98 Å². The summed E-state index contributed by atoms with van der Waals surface area (Å²) in [7, 11) is 1.77.